The number of rotatable bonds is 16. The lowest BCUT2D eigenvalue weighted by molar-refractivity contribution is -0.0312. The number of aliphatic hydroxyl groups is 2. The molecule has 1 aliphatic carbocycles. The van der Waals surface area contributed by atoms with E-state index in [1.807, 2.05) is 18.2 Å². The number of sulfone groups is 1. The molecule has 2 saturated heterocycles. The van der Waals surface area contributed by atoms with Gasteiger partial charge in [-0.2, -0.15) is 4.31 Å². The van der Waals surface area contributed by atoms with E-state index in [0.29, 0.717) is 57.6 Å². The molecule has 1 unspecified atom stereocenters. The van der Waals surface area contributed by atoms with E-state index in [1.54, 1.807) is 34.6 Å². The van der Waals surface area contributed by atoms with Gasteiger partial charge in [0.1, 0.15) is 18.5 Å². The predicted octanol–water partition coefficient (Wildman–Crippen LogP) is 4.27. The summed E-state index contributed by atoms with van der Waals surface area (Å²) in [5.74, 6) is 0.333. The number of benzene rings is 3. The van der Waals surface area contributed by atoms with Gasteiger partial charge in [-0.3, -0.25) is 0 Å². The third-order valence-corrected chi connectivity index (χ3v) is 15.6. The molecule has 4 N–H and O–H groups in total. The summed E-state index contributed by atoms with van der Waals surface area (Å²) >= 11 is 0. The first kappa shape index (κ1) is 38.8. The first-order valence-electron chi connectivity index (χ1n) is 18.3. The molecule has 6 rings (SSSR count). The zero-order valence-electron chi connectivity index (χ0n) is 30.4. The lowest BCUT2D eigenvalue weighted by atomic mass is 9.88. The van der Waals surface area contributed by atoms with Crippen molar-refractivity contribution in [1.29, 1.82) is 0 Å². The Morgan fingerprint density at radius 3 is 2.31 bits per heavy atom. The standard InChI is InChI=1S/C39H53N3O8S2/c1-4-37(2,3)41-24-29-11-13-30(14-12-29)31-7-5-10-36(21-31)52(47,48)42-19-17-38(18-20-42)23-32(26-50-38)40-25-33(44)27-49-34-8-6-9-35(22-34)51(45,46)39(28-43)15-16-39/h5-14,21-22,32-33,40-41,43-44H,4,15-20,23-28H2,1-3H3/t32-,33?/m0/s1. The molecule has 2 heterocycles. The van der Waals surface area contributed by atoms with Gasteiger partial charge in [0.05, 0.1) is 33.4 Å². The first-order valence-corrected chi connectivity index (χ1v) is 21.2. The van der Waals surface area contributed by atoms with Crippen LogP contribution in [0.4, 0.5) is 0 Å². The molecule has 3 aliphatic rings. The van der Waals surface area contributed by atoms with Crippen LogP contribution in [0.3, 0.4) is 0 Å². The van der Waals surface area contributed by atoms with Crippen molar-refractivity contribution >= 4 is 19.9 Å². The van der Waals surface area contributed by atoms with Gasteiger partial charge in [0.15, 0.2) is 9.84 Å². The monoisotopic (exact) mass is 755 g/mol. The maximum atomic E-state index is 13.8. The van der Waals surface area contributed by atoms with E-state index < -0.39 is 42.9 Å². The fourth-order valence-corrected chi connectivity index (χ4v) is 10.2. The van der Waals surface area contributed by atoms with Crippen LogP contribution >= 0.6 is 0 Å². The van der Waals surface area contributed by atoms with Crippen molar-refractivity contribution in [3.05, 3.63) is 78.4 Å². The predicted molar refractivity (Wildman–Crippen MR) is 200 cm³/mol. The molecule has 11 nitrogen and oxygen atoms in total. The van der Waals surface area contributed by atoms with Gasteiger partial charge in [0.25, 0.3) is 0 Å². The highest BCUT2D eigenvalue weighted by Gasteiger charge is 2.54. The summed E-state index contributed by atoms with van der Waals surface area (Å²) in [6, 6.07) is 21.6. The number of nitrogens with zero attached hydrogens (tertiary/aromatic N) is 1. The number of sulfonamides is 1. The molecule has 1 saturated carbocycles. The van der Waals surface area contributed by atoms with Crippen molar-refractivity contribution in [2.45, 2.75) is 104 Å². The molecule has 284 valence electrons. The normalized spacial score (nSPS) is 20.9. The van der Waals surface area contributed by atoms with Crippen LogP contribution in [-0.4, -0.2) is 98.8 Å². The second-order valence-corrected chi connectivity index (χ2v) is 19.6. The summed E-state index contributed by atoms with van der Waals surface area (Å²) in [6.45, 7) is 8.29. The Hall–Kier alpha value is -2.88. The van der Waals surface area contributed by atoms with E-state index in [4.69, 9.17) is 9.47 Å². The van der Waals surface area contributed by atoms with Gasteiger partial charge >= 0.3 is 0 Å². The van der Waals surface area contributed by atoms with Crippen molar-refractivity contribution in [2.75, 3.05) is 39.5 Å². The number of piperidine rings is 1. The average Bonchev–Trinajstić information content (AvgIpc) is 3.88. The zero-order valence-corrected chi connectivity index (χ0v) is 32.0. The highest BCUT2D eigenvalue weighted by atomic mass is 32.2. The molecule has 13 heteroatoms. The van der Waals surface area contributed by atoms with Crippen LogP contribution < -0.4 is 15.4 Å². The van der Waals surface area contributed by atoms with Gasteiger partial charge in [-0.15, -0.1) is 0 Å². The number of nitrogens with one attached hydrogen (secondary N) is 2. The largest absolute Gasteiger partial charge is 0.491 e. The van der Waals surface area contributed by atoms with Gasteiger partial charge in [0.2, 0.25) is 10.0 Å². The van der Waals surface area contributed by atoms with Crippen LogP contribution in [0.25, 0.3) is 11.1 Å². The molecule has 2 atom stereocenters. The molecule has 1 spiro atoms. The number of hydrogen-bond acceptors (Lipinski definition) is 10. The molecule has 3 aromatic rings. The third kappa shape index (κ3) is 8.57. The van der Waals surface area contributed by atoms with Crippen molar-refractivity contribution in [3.8, 4) is 16.9 Å². The smallest absolute Gasteiger partial charge is 0.243 e. The highest BCUT2D eigenvalue weighted by molar-refractivity contribution is 7.93. The zero-order chi connectivity index (χ0) is 37.2. The molecule has 0 bridgehead atoms. The Balaban J connectivity index is 0.967. The summed E-state index contributed by atoms with van der Waals surface area (Å²) in [4.78, 5) is 0.385. The Bertz CT molecular complexity index is 1910. The van der Waals surface area contributed by atoms with Crippen LogP contribution in [0, 0.1) is 0 Å². The second kappa shape index (κ2) is 15.5. The minimum absolute atomic E-state index is 0.00326. The minimum Gasteiger partial charge on any atom is -0.491 e. The summed E-state index contributed by atoms with van der Waals surface area (Å²) < 4.78 is 65.8. The first-order chi connectivity index (χ1) is 24.7. The molecule has 0 radical (unpaired) electrons. The topological polar surface area (TPSA) is 154 Å². The van der Waals surface area contributed by atoms with Crippen LogP contribution in [0.15, 0.2) is 82.6 Å². The fraction of sp³-hybridized carbons (Fsp3) is 0.538. The molecule has 0 amide bonds. The van der Waals surface area contributed by atoms with Crippen molar-refractivity contribution in [2.24, 2.45) is 0 Å². The molecule has 3 aromatic carbocycles. The van der Waals surface area contributed by atoms with Gasteiger partial charge in [-0.05, 0) is 99.4 Å². The lowest BCUT2D eigenvalue weighted by Crippen LogP contribution is -2.47. The Morgan fingerprint density at radius 2 is 1.63 bits per heavy atom. The number of hydrogen-bond donors (Lipinski definition) is 4. The lowest BCUT2D eigenvalue weighted by Gasteiger charge is -2.38. The van der Waals surface area contributed by atoms with E-state index in [2.05, 4.69) is 43.5 Å². The van der Waals surface area contributed by atoms with Gasteiger partial charge in [-0.25, -0.2) is 16.8 Å². The Kier molecular flexibility index (Phi) is 11.5. The van der Waals surface area contributed by atoms with Gasteiger partial charge < -0.3 is 30.3 Å². The molecule has 0 aromatic heterocycles. The quantitative estimate of drug-likeness (QED) is 0.167. The summed E-state index contributed by atoms with van der Waals surface area (Å²) in [7, 11) is -7.37. The van der Waals surface area contributed by atoms with Crippen molar-refractivity contribution in [3.63, 3.8) is 0 Å². The van der Waals surface area contributed by atoms with E-state index in [9.17, 15) is 27.0 Å². The minimum atomic E-state index is -3.70. The van der Waals surface area contributed by atoms with Crippen LogP contribution in [0.1, 0.15) is 64.9 Å². The Morgan fingerprint density at radius 1 is 0.942 bits per heavy atom. The van der Waals surface area contributed by atoms with Crippen LogP contribution in [0.2, 0.25) is 0 Å². The number of ether oxygens (including phenoxy) is 2. The average molecular weight is 756 g/mol. The molecule has 52 heavy (non-hydrogen) atoms. The highest BCUT2D eigenvalue weighted by Crippen LogP contribution is 2.46. The van der Waals surface area contributed by atoms with E-state index in [0.717, 1.165) is 24.1 Å². The van der Waals surface area contributed by atoms with E-state index >= 15 is 0 Å². The molecular weight excluding hydrogens is 703 g/mol. The van der Waals surface area contributed by atoms with Gasteiger partial charge in [0, 0.05) is 37.8 Å². The summed E-state index contributed by atoms with van der Waals surface area (Å²) in [6.07, 6.45) is 2.92. The van der Waals surface area contributed by atoms with Crippen LogP contribution in [-0.2, 0) is 31.1 Å². The van der Waals surface area contributed by atoms with E-state index in [1.165, 1.54) is 17.7 Å². The molecule has 2 aliphatic heterocycles. The summed E-state index contributed by atoms with van der Waals surface area (Å²) in [5, 5.41) is 27.1. The third-order valence-electron chi connectivity index (χ3n) is 11.1. The molecule has 3 fully saturated rings. The number of aliphatic hydroxyl groups excluding tert-OH is 2. The SMILES string of the molecule is CCC(C)(C)NCc1ccc(-c2cccc(S(=O)(=O)N3CCC4(CC3)C[C@H](NCC(O)COc3cccc(S(=O)(=O)C5(CO)CC5)c3)CO4)c2)cc1. The maximum absolute atomic E-state index is 13.8. The van der Waals surface area contributed by atoms with Crippen molar-refractivity contribution < 1.29 is 36.5 Å². The van der Waals surface area contributed by atoms with E-state index in [-0.39, 0.29) is 34.5 Å². The Labute approximate surface area is 308 Å². The molecular formula is C39H53N3O8S2. The summed E-state index contributed by atoms with van der Waals surface area (Å²) in [5.41, 5.74) is 2.64. The second-order valence-electron chi connectivity index (χ2n) is 15.3. The maximum Gasteiger partial charge on any atom is 0.243 e. The van der Waals surface area contributed by atoms with Crippen LogP contribution in [0.5, 0.6) is 5.75 Å². The van der Waals surface area contributed by atoms with Gasteiger partial charge in [-0.1, -0.05) is 49.4 Å². The van der Waals surface area contributed by atoms with Crippen molar-refractivity contribution in [1.82, 2.24) is 14.9 Å². The fourth-order valence-electron chi connectivity index (χ4n) is 6.91.